The van der Waals surface area contributed by atoms with Crippen LogP contribution in [-0.2, 0) is 9.53 Å². The highest BCUT2D eigenvalue weighted by atomic mass is 16.5. The van der Waals surface area contributed by atoms with Gasteiger partial charge in [-0.25, -0.2) is 0 Å². The minimum atomic E-state index is -0.172. The molecular formula is C14H23NO2. The molecule has 1 unspecified atom stereocenters. The van der Waals surface area contributed by atoms with Gasteiger partial charge in [-0.2, -0.15) is 0 Å². The first-order valence-corrected chi connectivity index (χ1v) is 7.04. The molecule has 3 heteroatoms. The number of hydrogen-bond acceptors (Lipinski definition) is 3. The summed E-state index contributed by atoms with van der Waals surface area (Å²) in [6.07, 6.45) is 6.86. The van der Waals surface area contributed by atoms with E-state index < -0.39 is 0 Å². The monoisotopic (exact) mass is 237 g/mol. The van der Waals surface area contributed by atoms with Crippen molar-refractivity contribution in [3.05, 3.63) is 0 Å². The second kappa shape index (κ2) is 4.27. The zero-order chi connectivity index (χ0) is 12.0. The molecule has 0 radical (unpaired) electrons. The molecule has 4 saturated carbocycles. The Morgan fingerprint density at radius 1 is 1.18 bits per heavy atom. The number of carbonyl (C=O) groups excluding carboxylic acids is 1. The molecule has 0 aliphatic heterocycles. The van der Waals surface area contributed by atoms with Gasteiger partial charge in [0.2, 0.25) is 0 Å². The van der Waals surface area contributed by atoms with Crippen LogP contribution in [0.5, 0.6) is 0 Å². The van der Waals surface area contributed by atoms with Gasteiger partial charge in [-0.15, -0.1) is 0 Å². The van der Waals surface area contributed by atoms with Crippen LogP contribution in [0.4, 0.5) is 0 Å². The van der Waals surface area contributed by atoms with Crippen LogP contribution in [0, 0.1) is 29.6 Å². The molecule has 96 valence electrons. The molecule has 1 atom stereocenters. The van der Waals surface area contributed by atoms with Gasteiger partial charge >= 0.3 is 5.97 Å². The summed E-state index contributed by atoms with van der Waals surface area (Å²) >= 11 is 0. The van der Waals surface area contributed by atoms with Crippen LogP contribution in [-0.4, -0.2) is 18.6 Å². The molecule has 0 heterocycles. The largest absolute Gasteiger partial charge is 0.461 e. The smallest absolute Gasteiger partial charge is 0.302 e. The molecular weight excluding hydrogens is 214 g/mol. The van der Waals surface area contributed by atoms with Crippen LogP contribution < -0.4 is 5.73 Å². The molecule has 0 saturated heterocycles. The number of carbonyl (C=O) groups is 1. The summed E-state index contributed by atoms with van der Waals surface area (Å²) in [6.45, 7) is 1.99. The van der Waals surface area contributed by atoms with Crippen LogP contribution in [0.15, 0.2) is 0 Å². The van der Waals surface area contributed by atoms with Gasteiger partial charge in [-0.05, 0) is 55.8 Å². The Hall–Kier alpha value is -0.570. The van der Waals surface area contributed by atoms with E-state index in [4.69, 9.17) is 10.5 Å². The third kappa shape index (κ3) is 1.99. The molecule has 4 aliphatic carbocycles. The van der Waals surface area contributed by atoms with E-state index in [-0.39, 0.29) is 12.1 Å². The van der Waals surface area contributed by atoms with E-state index in [0.717, 1.165) is 23.7 Å². The maximum atomic E-state index is 11.2. The Balaban J connectivity index is 1.76. The molecule has 4 rings (SSSR count). The quantitative estimate of drug-likeness (QED) is 0.763. The summed E-state index contributed by atoms with van der Waals surface area (Å²) in [6, 6.07) is 0. The lowest BCUT2D eigenvalue weighted by Gasteiger charge is -2.55. The van der Waals surface area contributed by atoms with Crippen molar-refractivity contribution in [1.29, 1.82) is 0 Å². The molecule has 0 aromatic heterocycles. The van der Waals surface area contributed by atoms with Crippen molar-refractivity contribution in [3.8, 4) is 0 Å². The first kappa shape index (κ1) is 11.5. The van der Waals surface area contributed by atoms with Crippen LogP contribution in [0.25, 0.3) is 0 Å². The summed E-state index contributed by atoms with van der Waals surface area (Å²) in [5.74, 6) is 3.86. The van der Waals surface area contributed by atoms with Gasteiger partial charge in [-0.3, -0.25) is 4.79 Å². The van der Waals surface area contributed by atoms with E-state index in [1.807, 2.05) is 0 Å². The van der Waals surface area contributed by atoms with Crippen molar-refractivity contribution >= 4 is 5.97 Å². The molecule has 4 fully saturated rings. The van der Waals surface area contributed by atoms with Gasteiger partial charge in [0.25, 0.3) is 0 Å². The number of nitrogens with two attached hydrogens (primary N) is 1. The molecule has 0 aromatic rings. The zero-order valence-corrected chi connectivity index (χ0v) is 10.6. The van der Waals surface area contributed by atoms with Gasteiger partial charge in [0, 0.05) is 19.4 Å². The van der Waals surface area contributed by atoms with Crippen LogP contribution in [0.1, 0.15) is 39.0 Å². The van der Waals surface area contributed by atoms with Crippen molar-refractivity contribution in [2.45, 2.75) is 45.1 Å². The third-order valence-corrected chi connectivity index (χ3v) is 5.28. The summed E-state index contributed by atoms with van der Waals surface area (Å²) in [7, 11) is 0. The molecule has 17 heavy (non-hydrogen) atoms. The Kier molecular flexibility index (Phi) is 2.89. The van der Waals surface area contributed by atoms with Gasteiger partial charge in [-0.1, -0.05) is 0 Å². The van der Waals surface area contributed by atoms with E-state index in [9.17, 15) is 4.79 Å². The highest BCUT2D eigenvalue weighted by Crippen LogP contribution is 2.57. The second-order valence-corrected chi connectivity index (χ2v) is 6.39. The summed E-state index contributed by atoms with van der Waals surface area (Å²) in [5.41, 5.74) is 5.82. The fourth-order valence-electron chi connectivity index (χ4n) is 5.07. The molecule has 3 nitrogen and oxygen atoms in total. The highest BCUT2D eigenvalue weighted by molar-refractivity contribution is 5.66. The first-order valence-electron chi connectivity index (χ1n) is 7.04. The Bertz CT molecular complexity index is 287. The molecule has 2 N–H and O–H groups in total. The van der Waals surface area contributed by atoms with Crippen LogP contribution in [0.2, 0.25) is 0 Å². The van der Waals surface area contributed by atoms with Crippen LogP contribution in [0.3, 0.4) is 0 Å². The predicted octanol–water partition coefficient (Wildman–Crippen LogP) is 1.95. The predicted molar refractivity (Wildman–Crippen MR) is 65.1 cm³/mol. The molecule has 0 amide bonds. The van der Waals surface area contributed by atoms with Crippen LogP contribution >= 0.6 is 0 Å². The fraction of sp³-hybridized carbons (Fsp3) is 0.929. The van der Waals surface area contributed by atoms with Crippen molar-refractivity contribution in [2.24, 2.45) is 35.3 Å². The lowest BCUT2D eigenvalue weighted by Crippen LogP contribution is -2.52. The first-order chi connectivity index (χ1) is 8.17. The topological polar surface area (TPSA) is 52.3 Å². The summed E-state index contributed by atoms with van der Waals surface area (Å²) < 4.78 is 5.46. The van der Waals surface area contributed by atoms with E-state index in [1.54, 1.807) is 0 Å². The summed E-state index contributed by atoms with van der Waals surface area (Å²) in [5, 5.41) is 0. The van der Waals surface area contributed by atoms with Gasteiger partial charge in [0.1, 0.15) is 6.10 Å². The average Bonchev–Trinajstić information content (AvgIpc) is 2.25. The number of ether oxygens (including phenoxy) is 1. The maximum Gasteiger partial charge on any atom is 0.302 e. The van der Waals surface area contributed by atoms with Crippen molar-refractivity contribution in [1.82, 2.24) is 0 Å². The molecule has 4 bridgehead atoms. The van der Waals surface area contributed by atoms with Crippen molar-refractivity contribution in [3.63, 3.8) is 0 Å². The van der Waals surface area contributed by atoms with Crippen molar-refractivity contribution in [2.75, 3.05) is 6.54 Å². The normalized spacial score (nSPS) is 44.7. The lowest BCUT2D eigenvalue weighted by molar-refractivity contribution is -0.158. The second-order valence-electron chi connectivity index (χ2n) is 6.39. The van der Waals surface area contributed by atoms with Gasteiger partial charge < -0.3 is 10.5 Å². The Labute approximate surface area is 103 Å². The van der Waals surface area contributed by atoms with Gasteiger partial charge in [0.05, 0.1) is 0 Å². The Morgan fingerprint density at radius 3 is 2.12 bits per heavy atom. The van der Waals surface area contributed by atoms with E-state index in [2.05, 4.69) is 0 Å². The van der Waals surface area contributed by atoms with Gasteiger partial charge in [0.15, 0.2) is 0 Å². The van der Waals surface area contributed by atoms with Crippen molar-refractivity contribution < 1.29 is 9.53 Å². The highest BCUT2D eigenvalue weighted by Gasteiger charge is 2.51. The Morgan fingerprint density at radius 2 is 1.71 bits per heavy atom. The molecule has 0 spiro atoms. The number of esters is 1. The SMILES string of the molecule is CC(=O)OC(CN)C1C2CC3CC(C2)CC1C3. The fourth-order valence-corrected chi connectivity index (χ4v) is 5.07. The number of rotatable bonds is 3. The zero-order valence-electron chi connectivity index (χ0n) is 10.6. The molecule has 0 aromatic carbocycles. The third-order valence-electron chi connectivity index (χ3n) is 5.28. The number of hydrogen-bond donors (Lipinski definition) is 1. The summed E-state index contributed by atoms with van der Waals surface area (Å²) in [4.78, 5) is 11.2. The van der Waals surface area contributed by atoms with E-state index in [0.29, 0.717) is 12.5 Å². The van der Waals surface area contributed by atoms with E-state index in [1.165, 1.54) is 39.0 Å². The lowest BCUT2D eigenvalue weighted by atomic mass is 9.51. The standard InChI is InChI=1S/C14H23NO2/c1-8(16)17-13(7-15)14-11-3-9-2-10(5-11)6-12(14)4-9/h9-14H,2-7,15H2,1H3. The minimum Gasteiger partial charge on any atom is -0.461 e. The van der Waals surface area contributed by atoms with E-state index >= 15 is 0 Å². The molecule has 4 aliphatic rings. The average molecular weight is 237 g/mol. The maximum absolute atomic E-state index is 11.2. The minimum absolute atomic E-state index is 0.0255.